The Morgan fingerprint density at radius 3 is 2.04 bits per heavy atom. The summed E-state index contributed by atoms with van der Waals surface area (Å²) in [5.41, 5.74) is 3.34. The Labute approximate surface area is 145 Å². The first-order chi connectivity index (χ1) is 12.1. The Balaban J connectivity index is 2.04. The van der Waals surface area contributed by atoms with Gasteiger partial charge >= 0.3 is 5.97 Å². The second kappa shape index (κ2) is 7.01. The maximum absolute atomic E-state index is 12.4. The van der Waals surface area contributed by atoms with Gasteiger partial charge in [0.1, 0.15) is 0 Å². The largest absolute Gasteiger partial charge is 0.478 e. The van der Waals surface area contributed by atoms with Crippen molar-refractivity contribution in [2.75, 3.05) is 5.32 Å². The predicted molar refractivity (Wildman–Crippen MR) is 98.0 cm³/mol. The van der Waals surface area contributed by atoms with Gasteiger partial charge in [-0.1, -0.05) is 48.5 Å². The van der Waals surface area contributed by atoms with Crippen LogP contribution in [0, 0.1) is 6.92 Å². The van der Waals surface area contributed by atoms with Gasteiger partial charge in [-0.2, -0.15) is 0 Å². The van der Waals surface area contributed by atoms with Crippen LogP contribution in [0.1, 0.15) is 26.3 Å². The Morgan fingerprint density at radius 2 is 1.44 bits per heavy atom. The highest BCUT2D eigenvalue weighted by Gasteiger charge is 2.16. The van der Waals surface area contributed by atoms with Crippen LogP contribution in [0.2, 0.25) is 0 Å². The van der Waals surface area contributed by atoms with E-state index >= 15 is 0 Å². The van der Waals surface area contributed by atoms with Gasteiger partial charge in [0.15, 0.2) is 0 Å². The standard InChI is InChI=1S/C21H17NO3/c1-14-18(21(24)25)12-17(15-8-4-2-5-9-15)13-19(14)22-20(23)16-10-6-3-7-11-16/h2-13H,1H3,(H,22,23)(H,24,25). The maximum atomic E-state index is 12.4. The fourth-order valence-corrected chi connectivity index (χ4v) is 2.65. The zero-order valence-electron chi connectivity index (χ0n) is 13.7. The second-order valence-electron chi connectivity index (χ2n) is 5.69. The lowest BCUT2D eigenvalue weighted by atomic mass is 9.97. The van der Waals surface area contributed by atoms with E-state index < -0.39 is 5.97 Å². The molecule has 0 aromatic heterocycles. The highest BCUT2D eigenvalue weighted by molar-refractivity contribution is 6.06. The highest BCUT2D eigenvalue weighted by Crippen LogP contribution is 2.29. The van der Waals surface area contributed by atoms with Crippen LogP contribution in [0.5, 0.6) is 0 Å². The summed E-state index contributed by atoms with van der Waals surface area (Å²) in [6.07, 6.45) is 0. The molecule has 0 aliphatic heterocycles. The molecular weight excluding hydrogens is 314 g/mol. The van der Waals surface area contributed by atoms with Gasteiger partial charge in [0.2, 0.25) is 0 Å². The zero-order chi connectivity index (χ0) is 17.8. The summed E-state index contributed by atoms with van der Waals surface area (Å²) < 4.78 is 0. The molecule has 0 saturated carbocycles. The van der Waals surface area contributed by atoms with Crippen molar-refractivity contribution in [3.63, 3.8) is 0 Å². The van der Waals surface area contributed by atoms with Crippen LogP contribution >= 0.6 is 0 Å². The number of carbonyl (C=O) groups is 2. The van der Waals surface area contributed by atoms with Gasteiger partial charge in [0.25, 0.3) is 5.91 Å². The van der Waals surface area contributed by atoms with E-state index in [4.69, 9.17) is 0 Å². The van der Waals surface area contributed by atoms with Gasteiger partial charge in [-0.25, -0.2) is 4.79 Å². The highest BCUT2D eigenvalue weighted by atomic mass is 16.4. The van der Waals surface area contributed by atoms with Crippen molar-refractivity contribution >= 4 is 17.6 Å². The molecule has 25 heavy (non-hydrogen) atoms. The van der Waals surface area contributed by atoms with Gasteiger partial charge in [-0.05, 0) is 47.9 Å². The van der Waals surface area contributed by atoms with E-state index in [0.717, 1.165) is 11.1 Å². The van der Waals surface area contributed by atoms with E-state index in [1.54, 1.807) is 43.3 Å². The van der Waals surface area contributed by atoms with E-state index in [1.807, 2.05) is 36.4 Å². The van der Waals surface area contributed by atoms with Crippen LogP contribution in [0.4, 0.5) is 5.69 Å². The van der Waals surface area contributed by atoms with Crippen molar-refractivity contribution in [1.82, 2.24) is 0 Å². The van der Waals surface area contributed by atoms with Gasteiger partial charge in [-0.15, -0.1) is 0 Å². The third-order valence-electron chi connectivity index (χ3n) is 4.03. The third-order valence-corrected chi connectivity index (χ3v) is 4.03. The van der Waals surface area contributed by atoms with Crippen molar-refractivity contribution in [1.29, 1.82) is 0 Å². The molecule has 3 aromatic carbocycles. The van der Waals surface area contributed by atoms with Gasteiger partial charge < -0.3 is 10.4 Å². The minimum absolute atomic E-state index is 0.171. The third kappa shape index (κ3) is 3.58. The average molecular weight is 331 g/mol. The number of hydrogen-bond acceptors (Lipinski definition) is 2. The molecule has 0 aliphatic carbocycles. The normalized spacial score (nSPS) is 10.3. The molecular formula is C21H17NO3. The molecule has 0 unspecified atom stereocenters. The fraction of sp³-hybridized carbons (Fsp3) is 0.0476. The molecule has 4 heteroatoms. The zero-order valence-corrected chi connectivity index (χ0v) is 13.7. The summed E-state index contributed by atoms with van der Waals surface area (Å²) in [4.78, 5) is 24.0. The van der Waals surface area contributed by atoms with Crippen molar-refractivity contribution in [2.24, 2.45) is 0 Å². The van der Waals surface area contributed by atoms with Crippen LogP contribution in [0.15, 0.2) is 72.8 Å². The summed E-state index contributed by atoms with van der Waals surface area (Å²) in [7, 11) is 0. The molecule has 0 atom stereocenters. The smallest absolute Gasteiger partial charge is 0.336 e. The number of aromatic carboxylic acids is 1. The van der Waals surface area contributed by atoms with Crippen molar-refractivity contribution in [3.8, 4) is 11.1 Å². The summed E-state index contributed by atoms with van der Waals surface area (Å²) in [5, 5.41) is 12.3. The lowest BCUT2D eigenvalue weighted by molar-refractivity contribution is 0.0696. The number of anilines is 1. The first-order valence-electron chi connectivity index (χ1n) is 7.86. The Kier molecular flexibility index (Phi) is 4.61. The summed E-state index contributed by atoms with van der Waals surface area (Å²) in [6.45, 7) is 1.69. The first-order valence-corrected chi connectivity index (χ1v) is 7.86. The van der Waals surface area contributed by atoms with Crippen LogP contribution in [-0.2, 0) is 0 Å². The van der Waals surface area contributed by atoms with Crippen molar-refractivity contribution in [3.05, 3.63) is 89.5 Å². The number of nitrogens with one attached hydrogen (secondary N) is 1. The van der Waals surface area contributed by atoms with E-state index in [-0.39, 0.29) is 11.5 Å². The quantitative estimate of drug-likeness (QED) is 0.733. The van der Waals surface area contributed by atoms with E-state index in [1.165, 1.54) is 0 Å². The fourth-order valence-electron chi connectivity index (χ4n) is 2.65. The molecule has 3 rings (SSSR count). The molecule has 0 aliphatic rings. The summed E-state index contributed by atoms with van der Waals surface area (Å²) in [5.74, 6) is -1.30. The lowest BCUT2D eigenvalue weighted by Gasteiger charge is -2.14. The number of carboxylic acid groups (broad SMARTS) is 1. The summed E-state index contributed by atoms with van der Waals surface area (Å²) >= 11 is 0. The SMILES string of the molecule is Cc1c(NC(=O)c2ccccc2)cc(-c2ccccc2)cc1C(=O)O. The van der Waals surface area contributed by atoms with Gasteiger partial charge in [0, 0.05) is 11.3 Å². The number of amides is 1. The first kappa shape index (κ1) is 16.5. The Bertz CT molecular complexity index is 919. The van der Waals surface area contributed by atoms with Crippen molar-refractivity contribution < 1.29 is 14.7 Å². The van der Waals surface area contributed by atoms with Crippen LogP contribution in [0.25, 0.3) is 11.1 Å². The lowest BCUT2D eigenvalue weighted by Crippen LogP contribution is -2.14. The maximum Gasteiger partial charge on any atom is 0.336 e. The molecule has 0 spiro atoms. The van der Waals surface area contributed by atoms with Crippen molar-refractivity contribution in [2.45, 2.75) is 6.92 Å². The predicted octanol–water partition coefficient (Wildman–Crippen LogP) is 4.61. The Morgan fingerprint density at radius 1 is 0.840 bits per heavy atom. The van der Waals surface area contributed by atoms with Crippen LogP contribution in [0.3, 0.4) is 0 Å². The van der Waals surface area contributed by atoms with E-state index in [9.17, 15) is 14.7 Å². The summed E-state index contributed by atoms with van der Waals surface area (Å²) in [6, 6.07) is 21.7. The molecule has 0 saturated heterocycles. The molecule has 0 fully saturated rings. The number of hydrogen-bond donors (Lipinski definition) is 2. The molecule has 2 N–H and O–H groups in total. The minimum Gasteiger partial charge on any atom is -0.478 e. The van der Waals surface area contributed by atoms with Crippen LogP contribution in [-0.4, -0.2) is 17.0 Å². The number of carboxylic acids is 1. The molecule has 4 nitrogen and oxygen atoms in total. The van der Waals surface area contributed by atoms with E-state index in [0.29, 0.717) is 16.8 Å². The van der Waals surface area contributed by atoms with Gasteiger partial charge in [0.05, 0.1) is 5.56 Å². The van der Waals surface area contributed by atoms with Crippen LogP contribution < -0.4 is 5.32 Å². The molecule has 0 radical (unpaired) electrons. The van der Waals surface area contributed by atoms with E-state index in [2.05, 4.69) is 5.32 Å². The molecule has 0 heterocycles. The Hall–Kier alpha value is -3.40. The van der Waals surface area contributed by atoms with Gasteiger partial charge in [-0.3, -0.25) is 4.79 Å². The number of carbonyl (C=O) groups excluding carboxylic acids is 1. The number of rotatable bonds is 4. The minimum atomic E-state index is -1.02. The number of benzene rings is 3. The molecule has 0 bridgehead atoms. The second-order valence-corrected chi connectivity index (χ2v) is 5.69. The topological polar surface area (TPSA) is 66.4 Å². The average Bonchev–Trinajstić information content (AvgIpc) is 2.64. The molecule has 3 aromatic rings. The molecule has 124 valence electrons. The monoisotopic (exact) mass is 331 g/mol. The molecule has 1 amide bonds.